The van der Waals surface area contributed by atoms with Crippen molar-refractivity contribution in [2.24, 2.45) is 7.05 Å². The molecule has 5 heteroatoms. The molecule has 0 spiro atoms. The minimum atomic E-state index is 0.733. The molecule has 0 atom stereocenters. The molecule has 1 N–H and O–H groups in total. The Labute approximate surface area is 88.2 Å². The predicted molar refractivity (Wildman–Crippen MR) is 57.3 cm³/mol. The second kappa shape index (κ2) is 4.08. The number of aryl methyl sites for hydroxylation is 1. The molecule has 0 saturated carbocycles. The molecule has 0 unspecified atom stereocenters. The Hall–Kier alpha value is -1.91. The summed E-state index contributed by atoms with van der Waals surface area (Å²) in [6.07, 6.45) is 5.10. The van der Waals surface area contributed by atoms with E-state index in [-0.39, 0.29) is 0 Å². The first kappa shape index (κ1) is 9.64. The smallest absolute Gasteiger partial charge is 0.129 e. The SMILES string of the molecule is Cc1c(CNc2ccncn2)cnn1C. The van der Waals surface area contributed by atoms with E-state index in [1.807, 2.05) is 30.9 Å². The number of aromatic nitrogens is 4. The number of nitrogens with zero attached hydrogens (tertiary/aromatic N) is 4. The summed E-state index contributed by atoms with van der Waals surface area (Å²) >= 11 is 0. The summed E-state index contributed by atoms with van der Waals surface area (Å²) in [5.74, 6) is 0.827. The summed E-state index contributed by atoms with van der Waals surface area (Å²) in [5.41, 5.74) is 2.34. The molecule has 0 radical (unpaired) electrons. The van der Waals surface area contributed by atoms with Crippen LogP contribution in [-0.2, 0) is 13.6 Å². The van der Waals surface area contributed by atoms with E-state index >= 15 is 0 Å². The van der Waals surface area contributed by atoms with E-state index in [0.29, 0.717) is 0 Å². The highest BCUT2D eigenvalue weighted by Gasteiger charge is 2.02. The molecule has 78 valence electrons. The fourth-order valence-corrected chi connectivity index (χ4v) is 1.30. The Bertz CT molecular complexity index is 434. The van der Waals surface area contributed by atoms with Crippen LogP contribution in [-0.4, -0.2) is 19.7 Å². The maximum atomic E-state index is 4.17. The summed E-state index contributed by atoms with van der Waals surface area (Å²) in [6.45, 7) is 2.78. The first-order valence-electron chi connectivity index (χ1n) is 4.75. The molecule has 0 aromatic carbocycles. The van der Waals surface area contributed by atoms with Gasteiger partial charge >= 0.3 is 0 Å². The highest BCUT2D eigenvalue weighted by Crippen LogP contribution is 2.08. The highest BCUT2D eigenvalue weighted by molar-refractivity contribution is 5.33. The lowest BCUT2D eigenvalue weighted by Crippen LogP contribution is -2.02. The molecule has 0 aliphatic carbocycles. The van der Waals surface area contributed by atoms with E-state index in [1.54, 1.807) is 6.20 Å². The lowest BCUT2D eigenvalue weighted by Gasteiger charge is -2.03. The third kappa shape index (κ3) is 2.12. The van der Waals surface area contributed by atoms with Gasteiger partial charge in [0.25, 0.3) is 0 Å². The van der Waals surface area contributed by atoms with Crippen molar-refractivity contribution in [3.05, 3.63) is 36.0 Å². The van der Waals surface area contributed by atoms with Crippen LogP contribution in [0.4, 0.5) is 5.82 Å². The van der Waals surface area contributed by atoms with E-state index in [2.05, 4.69) is 20.4 Å². The molecular weight excluding hydrogens is 190 g/mol. The van der Waals surface area contributed by atoms with Gasteiger partial charge in [0.15, 0.2) is 0 Å². The third-order valence-corrected chi connectivity index (χ3v) is 2.38. The molecule has 2 aromatic heterocycles. The molecule has 0 fully saturated rings. The molecule has 0 amide bonds. The van der Waals surface area contributed by atoms with Crippen LogP contribution in [0.3, 0.4) is 0 Å². The van der Waals surface area contributed by atoms with Gasteiger partial charge in [0.05, 0.1) is 6.20 Å². The van der Waals surface area contributed by atoms with Crippen molar-refractivity contribution in [2.75, 3.05) is 5.32 Å². The summed E-state index contributed by atoms with van der Waals surface area (Å²) in [5, 5.41) is 7.38. The Morgan fingerprint density at radius 2 is 2.33 bits per heavy atom. The summed E-state index contributed by atoms with van der Waals surface area (Å²) in [4.78, 5) is 7.94. The Balaban J connectivity index is 2.02. The average Bonchev–Trinajstić information content (AvgIpc) is 2.59. The fraction of sp³-hybridized carbons (Fsp3) is 0.300. The molecule has 0 saturated heterocycles. The van der Waals surface area contributed by atoms with E-state index in [4.69, 9.17) is 0 Å². The maximum Gasteiger partial charge on any atom is 0.129 e. The standard InChI is InChI=1S/C10H13N5/c1-8-9(6-14-15(8)2)5-12-10-3-4-11-7-13-10/h3-4,6-7H,5H2,1-2H3,(H,11,12,13). The fourth-order valence-electron chi connectivity index (χ4n) is 1.30. The van der Waals surface area contributed by atoms with Gasteiger partial charge in [-0.1, -0.05) is 0 Å². The average molecular weight is 203 g/mol. The summed E-state index contributed by atoms with van der Waals surface area (Å²) in [7, 11) is 1.93. The summed E-state index contributed by atoms with van der Waals surface area (Å²) < 4.78 is 1.86. The van der Waals surface area contributed by atoms with Gasteiger partial charge in [0, 0.05) is 31.0 Å². The third-order valence-electron chi connectivity index (χ3n) is 2.38. The minimum Gasteiger partial charge on any atom is -0.366 e. The van der Waals surface area contributed by atoms with Crippen LogP contribution < -0.4 is 5.32 Å². The van der Waals surface area contributed by atoms with E-state index in [9.17, 15) is 0 Å². The van der Waals surface area contributed by atoms with Gasteiger partial charge in [-0.3, -0.25) is 4.68 Å². The summed E-state index contributed by atoms with van der Waals surface area (Å²) in [6, 6.07) is 1.84. The van der Waals surface area contributed by atoms with Gasteiger partial charge in [0.1, 0.15) is 12.1 Å². The van der Waals surface area contributed by atoms with Crippen LogP contribution in [0.1, 0.15) is 11.3 Å². The van der Waals surface area contributed by atoms with E-state index in [0.717, 1.165) is 18.1 Å². The number of nitrogens with one attached hydrogen (secondary N) is 1. The lowest BCUT2D eigenvalue weighted by molar-refractivity contribution is 0.738. The first-order valence-corrected chi connectivity index (χ1v) is 4.75. The predicted octanol–water partition coefficient (Wildman–Crippen LogP) is 1.13. The Morgan fingerprint density at radius 3 is 2.93 bits per heavy atom. The maximum absolute atomic E-state index is 4.17. The molecule has 0 aliphatic rings. The zero-order chi connectivity index (χ0) is 10.7. The first-order chi connectivity index (χ1) is 7.27. The van der Waals surface area contributed by atoms with Gasteiger partial charge in [-0.05, 0) is 13.0 Å². The van der Waals surface area contributed by atoms with Crippen molar-refractivity contribution in [1.29, 1.82) is 0 Å². The van der Waals surface area contributed by atoms with Crippen molar-refractivity contribution >= 4 is 5.82 Å². The van der Waals surface area contributed by atoms with Crippen LogP contribution in [0.15, 0.2) is 24.8 Å². The molecule has 2 heterocycles. The van der Waals surface area contributed by atoms with E-state index < -0.39 is 0 Å². The largest absolute Gasteiger partial charge is 0.366 e. The molecule has 2 aromatic rings. The quantitative estimate of drug-likeness (QED) is 0.812. The number of hydrogen-bond acceptors (Lipinski definition) is 4. The highest BCUT2D eigenvalue weighted by atomic mass is 15.3. The van der Waals surface area contributed by atoms with E-state index in [1.165, 1.54) is 11.9 Å². The Morgan fingerprint density at radius 1 is 1.47 bits per heavy atom. The number of anilines is 1. The van der Waals surface area contributed by atoms with Gasteiger partial charge in [0.2, 0.25) is 0 Å². The second-order valence-corrected chi connectivity index (χ2v) is 3.33. The lowest BCUT2D eigenvalue weighted by atomic mass is 10.2. The van der Waals surface area contributed by atoms with Crippen LogP contribution in [0.25, 0.3) is 0 Å². The van der Waals surface area contributed by atoms with Gasteiger partial charge in [-0.15, -0.1) is 0 Å². The van der Waals surface area contributed by atoms with Crippen LogP contribution in [0.5, 0.6) is 0 Å². The van der Waals surface area contributed by atoms with Crippen LogP contribution >= 0.6 is 0 Å². The molecule has 2 rings (SSSR count). The second-order valence-electron chi connectivity index (χ2n) is 3.33. The van der Waals surface area contributed by atoms with Crippen molar-refractivity contribution < 1.29 is 0 Å². The molecule has 5 nitrogen and oxygen atoms in total. The van der Waals surface area contributed by atoms with Crippen molar-refractivity contribution in [2.45, 2.75) is 13.5 Å². The molecule has 0 aliphatic heterocycles. The zero-order valence-electron chi connectivity index (χ0n) is 8.81. The van der Waals surface area contributed by atoms with Crippen LogP contribution in [0.2, 0.25) is 0 Å². The normalized spacial score (nSPS) is 10.3. The molecule has 0 bridgehead atoms. The topological polar surface area (TPSA) is 55.6 Å². The van der Waals surface area contributed by atoms with Crippen LogP contribution in [0, 0.1) is 6.92 Å². The monoisotopic (exact) mass is 203 g/mol. The minimum absolute atomic E-state index is 0.733. The number of hydrogen-bond donors (Lipinski definition) is 1. The van der Waals surface area contributed by atoms with Gasteiger partial charge in [-0.2, -0.15) is 5.10 Å². The van der Waals surface area contributed by atoms with Crippen molar-refractivity contribution in [3.63, 3.8) is 0 Å². The Kier molecular flexibility index (Phi) is 2.62. The zero-order valence-corrected chi connectivity index (χ0v) is 8.81. The van der Waals surface area contributed by atoms with Crippen molar-refractivity contribution in [3.8, 4) is 0 Å². The number of rotatable bonds is 3. The van der Waals surface area contributed by atoms with Crippen molar-refractivity contribution in [1.82, 2.24) is 19.7 Å². The molecular formula is C10H13N5. The van der Waals surface area contributed by atoms with Gasteiger partial charge < -0.3 is 5.32 Å². The van der Waals surface area contributed by atoms with Gasteiger partial charge in [-0.25, -0.2) is 9.97 Å². The molecule has 15 heavy (non-hydrogen) atoms.